The van der Waals surface area contributed by atoms with Crippen LogP contribution >= 0.6 is 23.4 Å². The summed E-state index contributed by atoms with van der Waals surface area (Å²) in [6, 6.07) is 13.3. The molecule has 110 valence electrons. The number of hydrogen-bond donors (Lipinski definition) is 2. The molecule has 0 aliphatic heterocycles. The van der Waals surface area contributed by atoms with Crippen LogP contribution in [0.3, 0.4) is 0 Å². The zero-order valence-corrected chi connectivity index (χ0v) is 13.3. The summed E-state index contributed by atoms with van der Waals surface area (Å²) in [5.41, 5.74) is 8.77. The fraction of sp³-hybridized carbons (Fsp3) is 0.188. The van der Waals surface area contributed by atoms with Crippen molar-refractivity contribution in [2.45, 2.75) is 18.4 Å². The van der Waals surface area contributed by atoms with Gasteiger partial charge in [-0.3, -0.25) is 4.79 Å². The highest BCUT2D eigenvalue weighted by Crippen LogP contribution is 2.25. The second-order valence-electron chi connectivity index (χ2n) is 4.73. The van der Waals surface area contributed by atoms with Gasteiger partial charge in [0.1, 0.15) is 0 Å². The van der Waals surface area contributed by atoms with Gasteiger partial charge in [0.25, 0.3) is 0 Å². The van der Waals surface area contributed by atoms with E-state index >= 15 is 0 Å². The molecule has 0 unspecified atom stereocenters. The van der Waals surface area contributed by atoms with E-state index in [2.05, 4.69) is 5.32 Å². The van der Waals surface area contributed by atoms with Crippen molar-refractivity contribution in [1.29, 1.82) is 0 Å². The lowest BCUT2D eigenvalue weighted by Gasteiger charge is -2.07. The number of benzene rings is 2. The van der Waals surface area contributed by atoms with Gasteiger partial charge in [-0.1, -0.05) is 29.8 Å². The molecule has 3 N–H and O–H groups in total. The molecule has 2 rings (SSSR count). The fourth-order valence-electron chi connectivity index (χ4n) is 1.80. The molecule has 0 radical (unpaired) electrons. The maximum atomic E-state index is 11.8. The average Bonchev–Trinajstić information content (AvgIpc) is 2.46. The Kier molecular flexibility index (Phi) is 5.53. The van der Waals surface area contributed by atoms with E-state index in [-0.39, 0.29) is 5.91 Å². The number of thioether (sulfide) groups is 1. The van der Waals surface area contributed by atoms with Gasteiger partial charge in [0.05, 0.1) is 5.75 Å². The van der Waals surface area contributed by atoms with E-state index in [0.717, 1.165) is 16.0 Å². The molecule has 3 nitrogen and oxygen atoms in total. The minimum Gasteiger partial charge on any atom is -0.398 e. The van der Waals surface area contributed by atoms with Crippen LogP contribution in [-0.2, 0) is 11.3 Å². The maximum absolute atomic E-state index is 11.8. The fourth-order valence-corrected chi connectivity index (χ4v) is 2.70. The Hall–Kier alpha value is -1.65. The van der Waals surface area contributed by atoms with Gasteiger partial charge < -0.3 is 11.1 Å². The van der Waals surface area contributed by atoms with Crippen molar-refractivity contribution in [3.8, 4) is 0 Å². The molecule has 0 saturated heterocycles. The SMILES string of the molecule is Cc1ccc(SCC(=O)NCc2ccc(Cl)cc2)c(N)c1. The summed E-state index contributed by atoms with van der Waals surface area (Å²) in [5.74, 6) is 0.329. The summed E-state index contributed by atoms with van der Waals surface area (Å²) >= 11 is 7.26. The van der Waals surface area contributed by atoms with Crippen molar-refractivity contribution in [2.75, 3.05) is 11.5 Å². The molecule has 0 bridgehead atoms. The second kappa shape index (κ2) is 7.38. The lowest BCUT2D eigenvalue weighted by molar-refractivity contribution is -0.118. The first-order valence-electron chi connectivity index (χ1n) is 6.54. The third-order valence-electron chi connectivity index (χ3n) is 2.93. The number of halogens is 1. The van der Waals surface area contributed by atoms with Crippen LogP contribution in [0.4, 0.5) is 5.69 Å². The molecule has 2 aromatic rings. The third kappa shape index (κ3) is 4.99. The molecule has 0 aromatic heterocycles. The summed E-state index contributed by atoms with van der Waals surface area (Å²) in [6.07, 6.45) is 0. The molecular weight excluding hydrogens is 304 g/mol. The van der Waals surface area contributed by atoms with Gasteiger partial charge >= 0.3 is 0 Å². The van der Waals surface area contributed by atoms with Crippen LogP contribution in [-0.4, -0.2) is 11.7 Å². The number of nitrogen functional groups attached to an aromatic ring is 1. The van der Waals surface area contributed by atoms with Crippen LogP contribution in [0.1, 0.15) is 11.1 Å². The van der Waals surface area contributed by atoms with Crippen molar-refractivity contribution in [3.05, 3.63) is 58.6 Å². The highest BCUT2D eigenvalue weighted by molar-refractivity contribution is 8.00. The van der Waals surface area contributed by atoms with Crippen LogP contribution in [0.15, 0.2) is 47.4 Å². The Labute approximate surface area is 133 Å². The van der Waals surface area contributed by atoms with Gasteiger partial charge in [0, 0.05) is 22.2 Å². The van der Waals surface area contributed by atoms with Crippen molar-refractivity contribution >= 4 is 35.0 Å². The summed E-state index contributed by atoms with van der Waals surface area (Å²) in [5, 5.41) is 3.57. The van der Waals surface area contributed by atoms with Crippen LogP contribution in [0.5, 0.6) is 0 Å². The first-order chi connectivity index (χ1) is 10.0. The molecule has 0 heterocycles. The molecule has 0 aliphatic carbocycles. The number of anilines is 1. The molecule has 21 heavy (non-hydrogen) atoms. The monoisotopic (exact) mass is 320 g/mol. The number of amides is 1. The van der Waals surface area contributed by atoms with E-state index in [4.69, 9.17) is 17.3 Å². The first kappa shape index (κ1) is 15.7. The molecule has 1 amide bonds. The third-order valence-corrected chi connectivity index (χ3v) is 4.27. The number of hydrogen-bond acceptors (Lipinski definition) is 3. The van der Waals surface area contributed by atoms with Crippen molar-refractivity contribution in [3.63, 3.8) is 0 Å². The number of nitrogens with two attached hydrogens (primary N) is 1. The van der Waals surface area contributed by atoms with Crippen LogP contribution in [0, 0.1) is 6.92 Å². The summed E-state index contributed by atoms with van der Waals surface area (Å²) < 4.78 is 0. The van der Waals surface area contributed by atoms with Gasteiger partial charge in [0.2, 0.25) is 5.91 Å². The second-order valence-corrected chi connectivity index (χ2v) is 6.19. The smallest absolute Gasteiger partial charge is 0.230 e. The molecule has 5 heteroatoms. The number of aryl methyl sites for hydroxylation is 1. The van der Waals surface area contributed by atoms with E-state index < -0.39 is 0 Å². The molecule has 0 atom stereocenters. The normalized spacial score (nSPS) is 10.4. The Morgan fingerprint density at radius 1 is 1.24 bits per heavy atom. The van der Waals surface area contributed by atoms with Gasteiger partial charge in [-0.25, -0.2) is 0 Å². The average molecular weight is 321 g/mol. The minimum absolute atomic E-state index is 0.0186. The van der Waals surface area contributed by atoms with Crippen LogP contribution < -0.4 is 11.1 Å². The number of nitrogens with one attached hydrogen (secondary N) is 1. The number of rotatable bonds is 5. The highest BCUT2D eigenvalue weighted by Gasteiger charge is 2.05. The zero-order chi connectivity index (χ0) is 15.2. The Morgan fingerprint density at radius 2 is 1.95 bits per heavy atom. The van der Waals surface area contributed by atoms with Gasteiger partial charge in [-0.2, -0.15) is 0 Å². The lowest BCUT2D eigenvalue weighted by atomic mass is 10.2. The summed E-state index contributed by atoms with van der Waals surface area (Å²) in [6.45, 7) is 2.49. The van der Waals surface area contributed by atoms with E-state index in [1.807, 2.05) is 49.4 Å². The maximum Gasteiger partial charge on any atom is 0.230 e. The molecular formula is C16H17ClN2OS. The van der Waals surface area contributed by atoms with E-state index in [0.29, 0.717) is 23.0 Å². The lowest BCUT2D eigenvalue weighted by Crippen LogP contribution is -2.24. The molecule has 0 spiro atoms. The molecule has 0 saturated carbocycles. The van der Waals surface area contributed by atoms with Gasteiger partial charge in [0.15, 0.2) is 0 Å². The van der Waals surface area contributed by atoms with E-state index in [9.17, 15) is 4.79 Å². The molecule has 0 aliphatic rings. The van der Waals surface area contributed by atoms with E-state index in [1.54, 1.807) is 0 Å². The van der Waals surface area contributed by atoms with Crippen molar-refractivity contribution in [1.82, 2.24) is 5.32 Å². The quantitative estimate of drug-likeness (QED) is 0.653. The first-order valence-corrected chi connectivity index (χ1v) is 7.91. The molecule has 2 aromatic carbocycles. The summed E-state index contributed by atoms with van der Waals surface area (Å²) in [7, 11) is 0. The van der Waals surface area contributed by atoms with Crippen LogP contribution in [0.2, 0.25) is 5.02 Å². The van der Waals surface area contributed by atoms with Crippen molar-refractivity contribution < 1.29 is 4.79 Å². The number of carbonyl (C=O) groups excluding carboxylic acids is 1. The topological polar surface area (TPSA) is 55.1 Å². The van der Waals surface area contributed by atoms with E-state index in [1.165, 1.54) is 11.8 Å². The highest BCUT2D eigenvalue weighted by atomic mass is 35.5. The Balaban J connectivity index is 1.80. The minimum atomic E-state index is -0.0186. The largest absolute Gasteiger partial charge is 0.398 e. The summed E-state index contributed by atoms with van der Waals surface area (Å²) in [4.78, 5) is 12.8. The molecule has 0 fully saturated rings. The Morgan fingerprint density at radius 3 is 2.62 bits per heavy atom. The number of carbonyl (C=O) groups is 1. The Bertz CT molecular complexity index is 629. The standard InChI is InChI=1S/C16H17ClN2OS/c1-11-2-7-15(14(18)8-11)21-10-16(20)19-9-12-3-5-13(17)6-4-12/h2-8H,9-10,18H2,1H3,(H,19,20). The zero-order valence-electron chi connectivity index (χ0n) is 11.7. The van der Waals surface area contributed by atoms with Crippen molar-refractivity contribution in [2.24, 2.45) is 0 Å². The van der Waals surface area contributed by atoms with Gasteiger partial charge in [-0.05, 0) is 42.3 Å². The van der Waals surface area contributed by atoms with Gasteiger partial charge in [-0.15, -0.1) is 11.8 Å². The predicted octanol–water partition coefficient (Wildman–Crippen LogP) is 3.64. The van der Waals surface area contributed by atoms with Crippen LogP contribution in [0.25, 0.3) is 0 Å². The predicted molar refractivity (Wildman–Crippen MR) is 89.6 cm³/mol.